The Morgan fingerprint density at radius 2 is 1.76 bits per heavy atom. The summed E-state index contributed by atoms with van der Waals surface area (Å²) in [6, 6.07) is 9.41. The zero-order chi connectivity index (χ0) is 30.4. The summed E-state index contributed by atoms with van der Waals surface area (Å²) in [6.45, 7) is 20.9. The highest BCUT2D eigenvalue weighted by Gasteiger charge is 2.63. The van der Waals surface area contributed by atoms with Crippen LogP contribution in [0.1, 0.15) is 123 Å². The molecule has 4 aliphatic carbocycles. The number of allylic oxidation sites excluding steroid dienone is 3. The molecule has 3 fully saturated rings. The Morgan fingerprint density at radius 1 is 1.05 bits per heavy atom. The molecular weight excluding hydrogens is 516 g/mol. The van der Waals surface area contributed by atoms with E-state index in [1.807, 2.05) is 30.3 Å². The molecule has 0 aromatic heterocycles. The van der Waals surface area contributed by atoms with E-state index in [1.165, 1.54) is 36.8 Å². The minimum atomic E-state index is -0.211. The van der Waals surface area contributed by atoms with Crippen LogP contribution < -0.4 is 0 Å². The topological polar surface area (TPSA) is 43.4 Å². The second-order valence-electron chi connectivity index (χ2n) is 16.0. The van der Waals surface area contributed by atoms with Crippen LogP contribution in [-0.4, -0.2) is 17.9 Å². The molecule has 4 aliphatic rings. The van der Waals surface area contributed by atoms with E-state index >= 15 is 0 Å². The number of hydrogen-bond acceptors (Lipinski definition) is 3. The Kier molecular flexibility index (Phi) is 8.74. The van der Waals surface area contributed by atoms with Gasteiger partial charge < -0.3 is 4.74 Å². The van der Waals surface area contributed by atoms with Crippen LogP contribution in [0.5, 0.6) is 0 Å². The van der Waals surface area contributed by atoms with Crippen molar-refractivity contribution >= 4 is 11.8 Å². The second-order valence-corrected chi connectivity index (χ2v) is 16.0. The molecule has 0 spiro atoms. The number of ketones is 1. The third kappa shape index (κ3) is 5.26. The van der Waals surface area contributed by atoms with Crippen molar-refractivity contribution in [2.75, 3.05) is 0 Å². The monoisotopic (exact) mass is 572 g/mol. The fourth-order valence-electron chi connectivity index (χ4n) is 10.5. The SMILES string of the molecule is C=CC[C@@H]1C[C@H]2C(C)(C)[C@@H](OC(=O)c3ccccc3)CC[C@]2(C)[C@H]2CC[C@@]3(C)C(=C12)C(=O)C[C@@H]3[C@H](C)CCCC(C)C. The zero-order valence-electron chi connectivity index (χ0n) is 27.5. The van der Waals surface area contributed by atoms with Crippen molar-refractivity contribution in [3.8, 4) is 0 Å². The largest absolute Gasteiger partial charge is 0.458 e. The van der Waals surface area contributed by atoms with Gasteiger partial charge in [0.15, 0.2) is 5.78 Å². The lowest BCUT2D eigenvalue weighted by atomic mass is 9.42. The Hall–Kier alpha value is -2.16. The molecular formula is C39H56O3. The van der Waals surface area contributed by atoms with Crippen LogP contribution in [0.25, 0.3) is 0 Å². The Morgan fingerprint density at radius 3 is 2.43 bits per heavy atom. The van der Waals surface area contributed by atoms with E-state index in [0.29, 0.717) is 40.9 Å². The van der Waals surface area contributed by atoms with Gasteiger partial charge in [-0.2, -0.15) is 0 Å². The minimum absolute atomic E-state index is 0.000709. The Labute approximate surface area is 256 Å². The number of esters is 1. The molecule has 3 heteroatoms. The molecule has 0 aliphatic heterocycles. The van der Waals surface area contributed by atoms with E-state index in [4.69, 9.17) is 4.74 Å². The number of fused-ring (bicyclic) bond motifs is 4. The number of ether oxygens (including phenoxy) is 1. The number of Topliss-reactive ketones (excluding diaryl/α,β-unsaturated/α-hetero) is 1. The lowest BCUT2D eigenvalue weighted by Crippen LogP contribution is -2.58. The maximum atomic E-state index is 14.1. The molecule has 0 amide bonds. The summed E-state index contributed by atoms with van der Waals surface area (Å²) in [5.41, 5.74) is 3.33. The van der Waals surface area contributed by atoms with Crippen molar-refractivity contribution in [2.24, 2.45) is 51.8 Å². The van der Waals surface area contributed by atoms with Crippen molar-refractivity contribution in [1.82, 2.24) is 0 Å². The highest BCUT2D eigenvalue weighted by molar-refractivity contribution is 6.00. The molecule has 3 saturated carbocycles. The highest BCUT2D eigenvalue weighted by Crippen LogP contribution is 2.69. The molecule has 8 atom stereocenters. The maximum absolute atomic E-state index is 14.1. The number of carbonyl (C=O) groups excluding carboxylic acids is 2. The average Bonchev–Trinajstić information content (AvgIpc) is 3.22. The average molecular weight is 573 g/mol. The van der Waals surface area contributed by atoms with E-state index in [-0.39, 0.29) is 28.3 Å². The zero-order valence-corrected chi connectivity index (χ0v) is 27.5. The lowest BCUT2D eigenvalue weighted by Gasteiger charge is -2.63. The first kappa shape index (κ1) is 31.3. The molecule has 0 saturated heterocycles. The molecule has 1 aromatic carbocycles. The van der Waals surface area contributed by atoms with Gasteiger partial charge in [0.05, 0.1) is 5.56 Å². The van der Waals surface area contributed by atoms with Gasteiger partial charge in [-0.15, -0.1) is 6.58 Å². The molecule has 42 heavy (non-hydrogen) atoms. The van der Waals surface area contributed by atoms with Crippen LogP contribution in [0.15, 0.2) is 54.1 Å². The van der Waals surface area contributed by atoms with Crippen molar-refractivity contribution in [2.45, 2.75) is 119 Å². The van der Waals surface area contributed by atoms with Crippen LogP contribution in [0.3, 0.4) is 0 Å². The fourth-order valence-corrected chi connectivity index (χ4v) is 10.5. The fraction of sp³-hybridized carbons (Fsp3) is 0.692. The van der Waals surface area contributed by atoms with Crippen LogP contribution in [0, 0.1) is 51.8 Å². The first-order valence-electron chi connectivity index (χ1n) is 17.0. The van der Waals surface area contributed by atoms with Gasteiger partial charge >= 0.3 is 5.97 Å². The molecule has 230 valence electrons. The summed E-state index contributed by atoms with van der Waals surface area (Å²) >= 11 is 0. The van der Waals surface area contributed by atoms with Crippen molar-refractivity contribution in [1.29, 1.82) is 0 Å². The number of carbonyl (C=O) groups is 2. The molecule has 1 aromatic rings. The summed E-state index contributed by atoms with van der Waals surface area (Å²) in [7, 11) is 0. The summed E-state index contributed by atoms with van der Waals surface area (Å²) in [4.78, 5) is 27.2. The van der Waals surface area contributed by atoms with E-state index in [2.05, 4.69) is 61.1 Å². The van der Waals surface area contributed by atoms with Gasteiger partial charge in [-0.25, -0.2) is 4.79 Å². The number of hydrogen-bond donors (Lipinski definition) is 0. The van der Waals surface area contributed by atoms with Gasteiger partial charge in [0, 0.05) is 17.4 Å². The third-order valence-electron chi connectivity index (χ3n) is 12.8. The predicted octanol–water partition coefficient (Wildman–Crippen LogP) is 10.0. The van der Waals surface area contributed by atoms with Crippen LogP contribution in [-0.2, 0) is 9.53 Å². The standard InChI is InChI=1S/C39H56O3/c1-9-14-28-23-32-37(5,6)33(42-36(41)27-17-11-10-12-18-27)20-22-38(32,7)29-19-21-39(8)30(24-31(40)35(39)34(28)29)26(4)16-13-15-25(2)3/h9-12,17-18,25-26,28-30,32-33H,1,13-16,19-24H2,2-8H3/t26-,28-,29+,30-,32+,33+,38-,39-/m1/s1. The molecule has 0 N–H and O–H groups in total. The van der Waals surface area contributed by atoms with Gasteiger partial charge in [0.1, 0.15) is 6.10 Å². The van der Waals surface area contributed by atoms with E-state index in [9.17, 15) is 9.59 Å². The molecule has 0 radical (unpaired) electrons. The highest BCUT2D eigenvalue weighted by atomic mass is 16.5. The Bertz CT molecular complexity index is 1210. The number of benzene rings is 1. The van der Waals surface area contributed by atoms with Crippen LogP contribution in [0.2, 0.25) is 0 Å². The van der Waals surface area contributed by atoms with Crippen LogP contribution in [0.4, 0.5) is 0 Å². The third-order valence-corrected chi connectivity index (χ3v) is 12.8. The molecule has 0 unspecified atom stereocenters. The van der Waals surface area contributed by atoms with E-state index in [0.717, 1.165) is 44.4 Å². The second kappa shape index (κ2) is 11.7. The normalized spacial score (nSPS) is 36.2. The molecule has 0 heterocycles. The summed E-state index contributed by atoms with van der Waals surface area (Å²) < 4.78 is 6.28. The number of rotatable bonds is 9. The summed E-state index contributed by atoms with van der Waals surface area (Å²) in [5, 5.41) is 0. The minimum Gasteiger partial charge on any atom is -0.458 e. The van der Waals surface area contributed by atoms with E-state index in [1.54, 1.807) is 0 Å². The van der Waals surface area contributed by atoms with Gasteiger partial charge in [0.2, 0.25) is 0 Å². The first-order chi connectivity index (χ1) is 19.8. The molecule has 0 bridgehead atoms. The van der Waals surface area contributed by atoms with Gasteiger partial charge in [-0.3, -0.25) is 4.79 Å². The lowest BCUT2D eigenvalue weighted by molar-refractivity contribution is -0.140. The van der Waals surface area contributed by atoms with Gasteiger partial charge in [-0.05, 0) is 97.0 Å². The van der Waals surface area contributed by atoms with Gasteiger partial charge in [-0.1, -0.05) is 97.6 Å². The first-order valence-corrected chi connectivity index (χ1v) is 17.0. The predicted molar refractivity (Wildman–Crippen MR) is 172 cm³/mol. The van der Waals surface area contributed by atoms with Gasteiger partial charge in [0.25, 0.3) is 0 Å². The van der Waals surface area contributed by atoms with Crippen molar-refractivity contribution in [3.05, 3.63) is 59.7 Å². The molecule has 3 nitrogen and oxygen atoms in total. The smallest absolute Gasteiger partial charge is 0.338 e. The Balaban J connectivity index is 1.46. The van der Waals surface area contributed by atoms with Crippen LogP contribution >= 0.6 is 0 Å². The summed E-state index contributed by atoms with van der Waals surface area (Å²) in [5.74, 6) is 3.19. The molecule has 5 rings (SSSR count). The summed E-state index contributed by atoms with van der Waals surface area (Å²) in [6.07, 6.45) is 12.6. The van der Waals surface area contributed by atoms with E-state index < -0.39 is 0 Å². The van der Waals surface area contributed by atoms with Crippen molar-refractivity contribution in [3.63, 3.8) is 0 Å². The quantitative estimate of drug-likeness (QED) is 0.218. The maximum Gasteiger partial charge on any atom is 0.338 e. The van der Waals surface area contributed by atoms with Crippen molar-refractivity contribution < 1.29 is 14.3 Å².